The quantitative estimate of drug-likeness (QED) is 0.384. The summed E-state index contributed by atoms with van der Waals surface area (Å²) in [5, 5.41) is 6.88. The van der Waals surface area contributed by atoms with Crippen LogP contribution in [0.15, 0.2) is 41.5 Å². The maximum absolute atomic E-state index is 13.4. The van der Waals surface area contributed by atoms with Gasteiger partial charge in [0, 0.05) is 38.1 Å². The van der Waals surface area contributed by atoms with E-state index in [1.165, 1.54) is 6.07 Å². The maximum Gasteiger partial charge on any atom is 0.191 e. The molecule has 1 unspecified atom stereocenters. The van der Waals surface area contributed by atoms with Crippen LogP contribution in [0.2, 0.25) is 0 Å². The molecule has 1 saturated heterocycles. The zero-order valence-electron chi connectivity index (χ0n) is 16.7. The molecule has 3 rings (SSSR count). The number of aliphatic imine (C=N–C) groups is 1. The van der Waals surface area contributed by atoms with Crippen LogP contribution in [0, 0.1) is 19.7 Å². The second-order valence-electron chi connectivity index (χ2n) is 7.05. The molecule has 1 fully saturated rings. The van der Waals surface area contributed by atoms with Gasteiger partial charge in [-0.2, -0.15) is 0 Å². The molecule has 0 radical (unpaired) electrons. The average Bonchev–Trinajstić information content (AvgIpc) is 2.66. The van der Waals surface area contributed by atoms with Crippen LogP contribution < -0.4 is 15.5 Å². The highest BCUT2D eigenvalue weighted by atomic mass is 127. The molecule has 0 saturated carbocycles. The Morgan fingerprint density at radius 1 is 1.29 bits per heavy atom. The number of benzene rings is 1. The van der Waals surface area contributed by atoms with Crippen LogP contribution >= 0.6 is 24.0 Å². The molecule has 1 aromatic carbocycles. The van der Waals surface area contributed by atoms with Crippen molar-refractivity contribution in [2.75, 3.05) is 25.0 Å². The molecule has 1 aromatic heterocycles. The molecule has 2 aromatic rings. The highest BCUT2D eigenvalue weighted by molar-refractivity contribution is 14.0. The van der Waals surface area contributed by atoms with E-state index in [1.54, 1.807) is 13.1 Å². The van der Waals surface area contributed by atoms with Gasteiger partial charge in [0.2, 0.25) is 0 Å². The number of pyridine rings is 1. The van der Waals surface area contributed by atoms with Crippen molar-refractivity contribution in [2.24, 2.45) is 4.99 Å². The Hall–Kier alpha value is -1.90. The number of guanidine groups is 1. The fourth-order valence-electron chi connectivity index (χ4n) is 3.55. The van der Waals surface area contributed by atoms with E-state index in [2.05, 4.69) is 38.5 Å². The summed E-state index contributed by atoms with van der Waals surface area (Å²) in [5.74, 6) is 0.597. The van der Waals surface area contributed by atoms with Gasteiger partial charge in [-0.15, -0.1) is 24.0 Å². The van der Waals surface area contributed by atoms with E-state index in [0.717, 1.165) is 54.4 Å². The standard InChI is InChI=1S/C21H28FN5.HI/c1-15-6-4-10-24-19(15)13-25-21(23-3)26-18-7-5-11-27(14-18)20-9-8-17(22)12-16(20)2;/h4,6,8-10,12,18H,5,7,11,13-14H2,1-3H3,(H2,23,25,26);1H. The molecular formula is C21H29FIN5. The molecule has 1 atom stereocenters. The summed E-state index contributed by atoms with van der Waals surface area (Å²) >= 11 is 0. The topological polar surface area (TPSA) is 52.6 Å². The lowest BCUT2D eigenvalue weighted by molar-refractivity contribution is 0.467. The van der Waals surface area contributed by atoms with Crippen LogP contribution in [0.3, 0.4) is 0 Å². The third kappa shape index (κ3) is 5.80. The molecule has 0 amide bonds. The predicted molar refractivity (Wildman–Crippen MR) is 124 cm³/mol. The molecule has 2 heterocycles. The van der Waals surface area contributed by atoms with Crippen LogP contribution in [0.4, 0.5) is 10.1 Å². The molecule has 152 valence electrons. The highest BCUT2D eigenvalue weighted by Gasteiger charge is 2.22. The third-order valence-corrected chi connectivity index (χ3v) is 5.03. The molecule has 0 bridgehead atoms. The highest BCUT2D eigenvalue weighted by Crippen LogP contribution is 2.24. The van der Waals surface area contributed by atoms with Crippen molar-refractivity contribution >= 4 is 35.6 Å². The number of halogens is 2. The summed E-state index contributed by atoms with van der Waals surface area (Å²) < 4.78 is 13.4. The molecular weight excluding hydrogens is 468 g/mol. The fourth-order valence-corrected chi connectivity index (χ4v) is 3.55. The van der Waals surface area contributed by atoms with Gasteiger partial charge >= 0.3 is 0 Å². The monoisotopic (exact) mass is 497 g/mol. The molecule has 2 N–H and O–H groups in total. The van der Waals surface area contributed by atoms with Gasteiger partial charge in [0.25, 0.3) is 0 Å². The third-order valence-electron chi connectivity index (χ3n) is 5.03. The molecule has 1 aliphatic heterocycles. The van der Waals surface area contributed by atoms with E-state index in [-0.39, 0.29) is 29.8 Å². The average molecular weight is 497 g/mol. The van der Waals surface area contributed by atoms with Gasteiger partial charge in [0.05, 0.1) is 12.2 Å². The zero-order valence-corrected chi connectivity index (χ0v) is 19.0. The van der Waals surface area contributed by atoms with E-state index in [9.17, 15) is 4.39 Å². The van der Waals surface area contributed by atoms with Crippen molar-refractivity contribution in [1.29, 1.82) is 0 Å². The zero-order chi connectivity index (χ0) is 19.2. The minimum atomic E-state index is -0.183. The van der Waals surface area contributed by atoms with Crippen LogP contribution in [0.5, 0.6) is 0 Å². The minimum absolute atomic E-state index is 0. The van der Waals surface area contributed by atoms with Gasteiger partial charge < -0.3 is 15.5 Å². The first-order chi connectivity index (χ1) is 13.1. The lowest BCUT2D eigenvalue weighted by atomic mass is 10.0. The Labute approximate surface area is 183 Å². The number of nitrogens with zero attached hydrogens (tertiary/aromatic N) is 3. The second-order valence-corrected chi connectivity index (χ2v) is 7.05. The van der Waals surface area contributed by atoms with Gasteiger partial charge in [-0.25, -0.2) is 4.39 Å². The van der Waals surface area contributed by atoms with Gasteiger partial charge in [-0.1, -0.05) is 6.07 Å². The van der Waals surface area contributed by atoms with Crippen LogP contribution in [-0.2, 0) is 6.54 Å². The SMILES string of the molecule is CN=C(NCc1ncccc1C)NC1CCCN(c2ccc(F)cc2C)C1.I. The maximum atomic E-state index is 13.4. The van der Waals surface area contributed by atoms with Gasteiger partial charge in [0.15, 0.2) is 5.96 Å². The lowest BCUT2D eigenvalue weighted by Crippen LogP contribution is -2.51. The van der Waals surface area contributed by atoms with Crippen molar-refractivity contribution in [2.45, 2.75) is 39.3 Å². The number of rotatable bonds is 4. The predicted octanol–water partition coefficient (Wildman–Crippen LogP) is 3.79. The Kier molecular flexibility index (Phi) is 8.47. The Bertz CT molecular complexity index is 811. The van der Waals surface area contributed by atoms with Crippen LogP contribution in [0.25, 0.3) is 0 Å². The second kappa shape index (κ2) is 10.6. The Morgan fingerprint density at radius 3 is 2.82 bits per heavy atom. The Balaban J connectivity index is 0.00000280. The number of hydrogen-bond acceptors (Lipinski definition) is 3. The largest absolute Gasteiger partial charge is 0.369 e. The minimum Gasteiger partial charge on any atom is -0.369 e. The summed E-state index contributed by atoms with van der Waals surface area (Å²) in [6.07, 6.45) is 3.98. The molecule has 28 heavy (non-hydrogen) atoms. The number of aryl methyl sites for hydroxylation is 2. The van der Waals surface area contributed by atoms with Crippen molar-refractivity contribution in [3.8, 4) is 0 Å². The van der Waals surface area contributed by atoms with Gasteiger partial charge in [-0.05, 0) is 62.1 Å². The summed E-state index contributed by atoms with van der Waals surface area (Å²) in [7, 11) is 1.78. The number of piperidine rings is 1. The molecule has 7 heteroatoms. The van der Waals surface area contributed by atoms with Gasteiger partial charge in [0.1, 0.15) is 5.82 Å². The first kappa shape index (κ1) is 22.4. The first-order valence-corrected chi connectivity index (χ1v) is 9.45. The number of hydrogen-bond donors (Lipinski definition) is 2. The Morgan fingerprint density at radius 2 is 2.11 bits per heavy atom. The normalized spacial score (nSPS) is 17.1. The lowest BCUT2D eigenvalue weighted by Gasteiger charge is -2.36. The van der Waals surface area contributed by atoms with E-state index < -0.39 is 0 Å². The summed E-state index contributed by atoms with van der Waals surface area (Å²) in [6.45, 7) is 6.52. The van der Waals surface area contributed by atoms with Crippen LogP contribution in [0.1, 0.15) is 29.7 Å². The molecule has 5 nitrogen and oxygen atoms in total. The fraction of sp³-hybridized carbons (Fsp3) is 0.429. The van der Waals surface area contributed by atoms with E-state index in [0.29, 0.717) is 12.6 Å². The number of nitrogens with one attached hydrogen (secondary N) is 2. The molecule has 0 aliphatic carbocycles. The molecule has 0 spiro atoms. The van der Waals surface area contributed by atoms with Crippen molar-refractivity contribution in [1.82, 2.24) is 15.6 Å². The molecule has 1 aliphatic rings. The van der Waals surface area contributed by atoms with E-state index >= 15 is 0 Å². The summed E-state index contributed by atoms with van der Waals surface area (Å²) in [5.41, 5.74) is 4.27. The number of anilines is 1. The van der Waals surface area contributed by atoms with Crippen molar-refractivity contribution in [3.05, 3.63) is 59.2 Å². The van der Waals surface area contributed by atoms with Gasteiger partial charge in [-0.3, -0.25) is 9.98 Å². The van der Waals surface area contributed by atoms with Crippen molar-refractivity contribution < 1.29 is 4.39 Å². The summed E-state index contributed by atoms with van der Waals surface area (Å²) in [4.78, 5) is 11.1. The first-order valence-electron chi connectivity index (χ1n) is 9.45. The van der Waals surface area contributed by atoms with Crippen LogP contribution in [-0.4, -0.2) is 37.1 Å². The smallest absolute Gasteiger partial charge is 0.191 e. The van der Waals surface area contributed by atoms with Crippen molar-refractivity contribution in [3.63, 3.8) is 0 Å². The van der Waals surface area contributed by atoms with E-state index in [4.69, 9.17) is 0 Å². The summed E-state index contributed by atoms with van der Waals surface area (Å²) in [6, 6.07) is 9.31. The number of aromatic nitrogens is 1. The van der Waals surface area contributed by atoms with E-state index in [1.807, 2.05) is 25.3 Å².